The van der Waals surface area contributed by atoms with Gasteiger partial charge in [0.25, 0.3) is 11.8 Å². The molecule has 168 valence electrons. The number of benzene rings is 1. The van der Waals surface area contributed by atoms with Gasteiger partial charge in [-0.2, -0.15) is 0 Å². The number of carbonyl (C=O) groups is 1. The van der Waals surface area contributed by atoms with E-state index in [2.05, 4.69) is 15.8 Å². The standard InChI is InChI=1S/C23H29N3O3S.ClH/c1-24-7-8-28-23-21(30-18-5-3-2-4-6-18)20(29-26-23)22(27)25-19-16-10-14-9-15(12-16)13-17(19)11-14;/h2-6,14-17,19,24H,7-13H2,1H3,(H,25,27);1H. The van der Waals surface area contributed by atoms with Gasteiger partial charge in [-0.15, -0.1) is 12.4 Å². The summed E-state index contributed by atoms with van der Waals surface area (Å²) in [6.45, 7) is 1.15. The van der Waals surface area contributed by atoms with Crippen LogP contribution < -0.4 is 15.4 Å². The van der Waals surface area contributed by atoms with Crippen LogP contribution in [0.2, 0.25) is 0 Å². The van der Waals surface area contributed by atoms with Gasteiger partial charge in [-0.25, -0.2) is 0 Å². The first-order valence-electron chi connectivity index (χ1n) is 11.0. The Bertz CT molecular complexity index is 863. The van der Waals surface area contributed by atoms with Crippen molar-refractivity contribution in [3.8, 4) is 5.88 Å². The number of rotatable bonds is 8. The fraction of sp³-hybridized carbons (Fsp3) is 0.565. The molecule has 31 heavy (non-hydrogen) atoms. The molecule has 4 fully saturated rings. The van der Waals surface area contributed by atoms with Gasteiger partial charge < -0.3 is 19.9 Å². The van der Waals surface area contributed by atoms with Crippen molar-refractivity contribution in [1.82, 2.24) is 15.8 Å². The molecule has 2 aromatic rings. The smallest absolute Gasteiger partial charge is 0.291 e. The lowest BCUT2D eigenvalue weighted by Gasteiger charge is -2.54. The molecule has 6 nitrogen and oxygen atoms in total. The zero-order valence-electron chi connectivity index (χ0n) is 17.7. The molecule has 1 aromatic heterocycles. The molecule has 6 rings (SSSR count). The summed E-state index contributed by atoms with van der Waals surface area (Å²) in [5.41, 5.74) is 0. The third kappa shape index (κ3) is 4.73. The van der Waals surface area contributed by atoms with Crippen LogP contribution in [0.25, 0.3) is 0 Å². The summed E-state index contributed by atoms with van der Waals surface area (Å²) in [7, 11) is 1.87. The molecule has 4 bridgehead atoms. The Morgan fingerprint density at radius 3 is 2.45 bits per heavy atom. The number of halogens is 1. The molecular formula is C23H30ClN3O3S. The van der Waals surface area contributed by atoms with Gasteiger partial charge in [-0.1, -0.05) is 30.0 Å². The average Bonchev–Trinajstić information content (AvgIpc) is 3.13. The number of likely N-dealkylation sites (N-methyl/N-ethyl adjacent to an activating group) is 1. The molecule has 0 aliphatic heterocycles. The number of aromatic nitrogens is 1. The second-order valence-corrected chi connectivity index (χ2v) is 10.0. The second kappa shape index (κ2) is 9.84. The van der Waals surface area contributed by atoms with Gasteiger partial charge in [0, 0.05) is 17.5 Å². The zero-order valence-corrected chi connectivity index (χ0v) is 19.3. The fourth-order valence-corrected chi connectivity index (χ4v) is 6.76. The number of nitrogens with zero attached hydrogens (tertiary/aromatic N) is 1. The van der Waals surface area contributed by atoms with Gasteiger partial charge in [0.05, 0.1) is 0 Å². The minimum Gasteiger partial charge on any atom is -0.473 e. The van der Waals surface area contributed by atoms with Gasteiger partial charge in [-0.05, 0) is 80.1 Å². The first-order chi connectivity index (χ1) is 14.7. The van der Waals surface area contributed by atoms with E-state index in [1.165, 1.54) is 43.9 Å². The maximum absolute atomic E-state index is 13.3. The molecule has 1 aromatic carbocycles. The first kappa shape index (κ1) is 22.5. The zero-order chi connectivity index (χ0) is 20.5. The van der Waals surface area contributed by atoms with E-state index < -0.39 is 0 Å². The van der Waals surface area contributed by atoms with Crippen molar-refractivity contribution in [2.45, 2.75) is 47.9 Å². The predicted molar refractivity (Wildman–Crippen MR) is 122 cm³/mol. The van der Waals surface area contributed by atoms with Crippen molar-refractivity contribution in [3.63, 3.8) is 0 Å². The van der Waals surface area contributed by atoms with Crippen molar-refractivity contribution in [2.24, 2.45) is 23.7 Å². The molecule has 0 radical (unpaired) electrons. The molecule has 1 amide bonds. The summed E-state index contributed by atoms with van der Waals surface area (Å²) >= 11 is 1.46. The van der Waals surface area contributed by atoms with Crippen molar-refractivity contribution in [3.05, 3.63) is 36.1 Å². The van der Waals surface area contributed by atoms with E-state index in [0.29, 0.717) is 35.8 Å². The highest BCUT2D eigenvalue weighted by Crippen LogP contribution is 2.53. The monoisotopic (exact) mass is 463 g/mol. The number of nitrogens with one attached hydrogen (secondary N) is 2. The Morgan fingerprint density at radius 1 is 1.13 bits per heavy atom. The van der Waals surface area contributed by atoms with Crippen LogP contribution >= 0.6 is 24.2 Å². The summed E-state index contributed by atoms with van der Waals surface area (Å²) in [5, 5.41) is 10.5. The van der Waals surface area contributed by atoms with Crippen LogP contribution in [0.5, 0.6) is 5.88 Å². The summed E-state index contributed by atoms with van der Waals surface area (Å²) in [6.07, 6.45) is 6.45. The molecule has 4 saturated carbocycles. The van der Waals surface area contributed by atoms with Gasteiger partial charge >= 0.3 is 0 Å². The molecule has 0 spiro atoms. The Kier molecular flexibility index (Phi) is 7.14. The van der Waals surface area contributed by atoms with Crippen molar-refractivity contribution in [1.29, 1.82) is 0 Å². The Balaban J connectivity index is 0.00000231. The molecule has 0 atom stereocenters. The minimum atomic E-state index is -0.165. The molecule has 8 heteroatoms. The quantitative estimate of drug-likeness (QED) is 0.565. The van der Waals surface area contributed by atoms with Crippen molar-refractivity contribution in [2.75, 3.05) is 20.2 Å². The number of carbonyl (C=O) groups excluding carboxylic acids is 1. The van der Waals surface area contributed by atoms with Crippen LogP contribution in [0.15, 0.2) is 44.6 Å². The Labute approximate surface area is 193 Å². The van der Waals surface area contributed by atoms with Crippen LogP contribution in [0.4, 0.5) is 0 Å². The van der Waals surface area contributed by atoms with Crippen LogP contribution in [0, 0.1) is 23.7 Å². The normalized spacial score (nSPS) is 28.2. The minimum absolute atomic E-state index is 0. The molecule has 0 unspecified atom stereocenters. The molecule has 0 saturated heterocycles. The van der Waals surface area contributed by atoms with Crippen LogP contribution in [0.3, 0.4) is 0 Å². The lowest BCUT2D eigenvalue weighted by Crippen LogP contribution is -2.55. The molecule has 2 N–H and O–H groups in total. The average molecular weight is 464 g/mol. The lowest BCUT2D eigenvalue weighted by molar-refractivity contribution is -0.0124. The highest BCUT2D eigenvalue weighted by atomic mass is 35.5. The number of hydrogen-bond acceptors (Lipinski definition) is 6. The third-order valence-corrected chi connectivity index (χ3v) is 7.98. The molecule has 4 aliphatic carbocycles. The van der Waals surface area contributed by atoms with E-state index in [4.69, 9.17) is 9.26 Å². The maximum Gasteiger partial charge on any atom is 0.291 e. The van der Waals surface area contributed by atoms with Crippen molar-refractivity contribution < 1.29 is 14.1 Å². The summed E-state index contributed by atoms with van der Waals surface area (Å²) in [6, 6.07) is 10.2. The number of hydrogen-bond donors (Lipinski definition) is 2. The van der Waals surface area contributed by atoms with Crippen LogP contribution in [-0.4, -0.2) is 37.3 Å². The van der Waals surface area contributed by atoms with Crippen LogP contribution in [-0.2, 0) is 0 Å². The SMILES string of the molecule is CNCCOc1noc(C(=O)NC2C3CC4CC(C3)CC2C4)c1Sc1ccccc1.Cl. The molecule has 1 heterocycles. The van der Waals surface area contributed by atoms with E-state index >= 15 is 0 Å². The maximum atomic E-state index is 13.3. The molecule has 4 aliphatic rings. The van der Waals surface area contributed by atoms with E-state index in [0.717, 1.165) is 16.7 Å². The van der Waals surface area contributed by atoms with Gasteiger partial charge in [0.15, 0.2) is 0 Å². The Hall–Kier alpha value is -1.70. The molecular weight excluding hydrogens is 434 g/mol. The highest BCUT2D eigenvalue weighted by molar-refractivity contribution is 7.99. The summed E-state index contributed by atoms with van der Waals surface area (Å²) in [5.74, 6) is 3.47. The van der Waals surface area contributed by atoms with Crippen molar-refractivity contribution >= 4 is 30.1 Å². The van der Waals surface area contributed by atoms with Gasteiger partial charge in [-0.3, -0.25) is 4.79 Å². The fourth-order valence-electron chi connectivity index (χ4n) is 5.83. The largest absolute Gasteiger partial charge is 0.473 e. The van der Waals surface area contributed by atoms with E-state index in [1.807, 2.05) is 37.4 Å². The highest BCUT2D eigenvalue weighted by Gasteiger charge is 2.49. The van der Waals surface area contributed by atoms with Crippen LogP contribution in [0.1, 0.15) is 42.7 Å². The number of amides is 1. The lowest BCUT2D eigenvalue weighted by atomic mass is 9.54. The first-order valence-corrected chi connectivity index (χ1v) is 11.8. The topological polar surface area (TPSA) is 76.4 Å². The summed E-state index contributed by atoms with van der Waals surface area (Å²) in [4.78, 5) is 14.9. The van der Waals surface area contributed by atoms with E-state index in [1.54, 1.807) is 0 Å². The van der Waals surface area contributed by atoms with E-state index in [-0.39, 0.29) is 30.1 Å². The van der Waals surface area contributed by atoms with Gasteiger partial charge in [0.1, 0.15) is 11.5 Å². The second-order valence-electron chi connectivity index (χ2n) is 8.94. The number of ether oxygens (including phenoxy) is 1. The predicted octanol–water partition coefficient (Wildman–Crippen LogP) is 4.40. The third-order valence-electron chi connectivity index (χ3n) is 6.90. The summed E-state index contributed by atoms with van der Waals surface area (Å²) < 4.78 is 11.3. The van der Waals surface area contributed by atoms with E-state index in [9.17, 15) is 4.79 Å². The Morgan fingerprint density at radius 2 is 1.81 bits per heavy atom. The van der Waals surface area contributed by atoms with Gasteiger partial charge in [0.2, 0.25) is 5.76 Å².